The van der Waals surface area contributed by atoms with Gasteiger partial charge in [0.25, 0.3) is 0 Å². The third-order valence-corrected chi connectivity index (χ3v) is 8.38. The van der Waals surface area contributed by atoms with Gasteiger partial charge >= 0.3 is 0 Å². The number of rotatable bonds is 6. The van der Waals surface area contributed by atoms with Gasteiger partial charge in [-0.05, 0) is 37.8 Å². The molecule has 2 fully saturated rings. The van der Waals surface area contributed by atoms with Crippen LogP contribution in [0, 0.1) is 5.92 Å². The monoisotopic (exact) mass is 482 g/mol. The Hall–Kier alpha value is -2.38. The summed E-state index contributed by atoms with van der Waals surface area (Å²) in [5.74, 6) is 0.101. The lowest BCUT2D eigenvalue weighted by Crippen LogP contribution is -2.59. The Kier molecular flexibility index (Phi) is 7.44. The molecular weight excluding hydrogens is 444 g/mol. The van der Waals surface area contributed by atoms with Gasteiger partial charge in [-0.15, -0.1) is 0 Å². The van der Waals surface area contributed by atoms with Crippen LogP contribution in [-0.4, -0.2) is 64.4 Å². The Labute approximate surface area is 207 Å². The molecule has 1 aromatic carbocycles. The van der Waals surface area contributed by atoms with Gasteiger partial charge in [-0.25, -0.2) is 0 Å². The van der Waals surface area contributed by atoms with Gasteiger partial charge < -0.3 is 25.2 Å². The van der Waals surface area contributed by atoms with Crippen molar-refractivity contribution in [2.75, 3.05) is 13.2 Å². The van der Waals surface area contributed by atoms with Gasteiger partial charge in [0.15, 0.2) is 0 Å². The van der Waals surface area contributed by atoms with Crippen LogP contribution in [0.15, 0.2) is 35.9 Å². The van der Waals surface area contributed by atoms with Gasteiger partial charge in [0.2, 0.25) is 11.8 Å². The summed E-state index contributed by atoms with van der Waals surface area (Å²) in [6.07, 6.45) is 10.5. The van der Waals surface area contributed by atoms with Gasteiger partial charge in [-0.2, -0.15) is 0 Å². The van der Waals surface area contributed by atoms with Crippen molar-refractivity contribution in [1.82, 2.24) is 10.2 Å². The van der Waals surface area contributed by atoms with E-state index in [0.717, 1.165) is 56.9 Å². The van der Waals surface area contributed by atoms with Crippen molar-refractivity contribution in [3.63, 3.8) is 0 Å². The molecule has 4 unspecified atom stereocenters. The zero-order valence-electron chi connectivity index (χ0n) is 20.4. The smallest absolute Gasteiger partial charge is 0.247 e. The number of para-hydroxylation sites is 1. The van der Waals surface area contributed by atoms with Gasteiger partial charge in [0.1, 0.15) is 18.0 Å². The summed E-state index contributed by atoms with van der Waals surface area (Å²) in [5.41, 5.74) is 1.39. The number of carbonyl (C=O) groups excluding carboxylic acids is 2. The molecular formula is C28H38N2O5. The molecule has 1 heterocycles. The minimum Gasteiger partial charge on any atom is -0.486 e. The average molecular weight is 483 g/mol. The maximum atomic E-state index is 14.0. The molecule has 7 nitrogen and oxygen atoms in total. The van der Waals surface area contributed by atoms with E-state index in [1.807, 2.05) is 35.2 Å². The summed E-state index contributed by atoms with van der Waals surface area (Å²) in [7, 11) is 0. The number of aliphatic hydroxyl groups is 2. The van der Waals surface area contributed by atoms with Crippen LogP contribution >= 0.6 is 0 Å². The van der Waals surface area contributed by atoms with E-state index in [0.29, 0.717) is 11.3 Å². The van der Waals surface area contributed by atoms with Crippen LogP contribution < -0.4 is 10.1 Å². The molecule has 1 aliphatic heterocycles. The summed E-state index contributed by atoms with van der Waals surface area (Å²) >= 11 is 0. The standard InChI is InChI=1S/C28H38N2O5/c31-16-15-29-27(33)21-17-22(25(32)26-24(21)20-13-7-8-14-23(20)35-26)30(19-11-3-1-2-4-12-19)28(34)18-9-5-6-10-18/h7-8,13-14,17-19,22,24-26,31-32H,1-6,9-12,15-16H2,(H,29,33). The van der Waals surface area contributed by atoms with E-state index < -0.39 is 24.2 Å². The number of benzene rings is 1. The van der Waals surface area contributed by atoms with E-state index in [1.165, 1.54) is 12.8 Å². The maximum absolute atomic E-state index is 14.0. The van der Waals surface area contributed by atoms with E-state index >= 15 is 0 Å². The Morgan fingerprint density at radius 1 is 1.00 bits per heavy atom. The highest BCUT2D eigenvalue weighted by atomic mass is 16.5. The second-order valence-electron chi connectivity index (χ2n) is 10.6. The molecule has 0 spiro atoms. The zero-order chi connectivity index (χ0) is 24.4. The number of hydrogen-bond acceptors (Lipinski definition) is 5. The molecule has 7 heteroatoms. The number of ether oxygens (including phenoxy) is 1. The van der Waals surface area contributed by atoms with Gasteiger partial charge in [0.05, 0.1) is 18.6 Å². The van der Waals surface area contributed by atoms with E-state index in [4.69, 9.17) is 4.74 Å². The molecule has 2 amide bonds. The van der Waals surface area contributed by atoms with Crippen LogP contribution in [-0.2, 0) is 9.59 Å². The quantitative estimate of drug-likeness (QED) is 0.542. The fraction of sp³-hybridized carbons (Fsp3) is 0.643. The molecule has 0 bridgehead atoms. The SMILES string of the molecule is O=C(NCCO)C1=CC(N(C(=O)C2CCCC2)C2CCCCCC2)C(O)C2Oc3ccccc3C12. The molecule has 4 aliphatic rings. The normalized spacial score (nSPS) is 28.9. The number of fused-ring (bicyclic) bond motifs is 3. The number of amides is 2. The first-order valence-corrected chi connectivity index (χ1v) is 13.5. The van der Waals surface area contributed by atoms with Crippen molar-refractivity contribution in [3.05, 3.63) is 41.5 Å². The third kappa shape index (κ3) is 4.73. The fourth-order valence-electron chi connectivity index (χ4n) is 6.65. The minimum atomic E-state index is -0.935. The Balaban J connectivity index is 1.55. The highest BCUT2D eigenvalue weighted by Gasteiger charge is 2.51. The molecule has 5 rings (SSSR count). The summed E-state index contributed by atoms with van der Waals surface area (Å²) < 4.78 is 6.25. The molecule has 2 saturated carbocycles. The fourth-order valence-corrected chi connectivity index (χ4v) is 6.65. The number of aliphatic hydroxyl groups excluding tert-OH is 2. The molecule has 3 N–H and O–H groups in total. The Morgan fingerprint density at radius 3 is 2.40 bits per heavy atom. The van der Waals surface area contributed by atoms with Crippen molar-refractivity contribution in [3.8, 4) is 5.75 Å². The molecule has 0 aromatic heterocycles. The van der Waals surface area contributed by atoms with Crippen molar-refractivity contribution in [2.45, 2.75) is 94.4 Å². The van der Waals surface area contributed by atoms with Gasteiger partial charge in [-0.1, -0.05) is 56.7 Å². The maximum Gasteiger partial charge on any atom is 0.247 e. The number of hydrogen-bond donors (Lipinski definition) is 3. The number of carbonyl (C=O) groups is 2. The molecule has 190 valence electrons. The van der Waals surface area contributed by atoms with Gasteiger partial charge in [0, 0.05) is 29.6 Å². The largest absolute Gasteiger partial charge is 0.486 e. The van der Waals surface area contributed by atoms with Crippen LogP contribution in [0.2, 0.25) is 0 Å². The van der Waals surface area contributed by atoms with Crippen molar-refractivity contribution in [2.24, 2.45) is 5.92 Å². The number of nitrogens with zero attached hydrogens (tertiary/aromatic N) is 1. The number of nitrogens with one attached hydrogen (secondary N) is 1. The van der Waals surface area contributed by atoms with E-state index in [1.54, 1.807) is 0 Å². The molecule has 35 heavy (non-hydrogen) atoms. The third-order valence-electron chi connectivity index (χ3n) is 8.38. The summed E-state index contributed by atoms with van der Waals surface area (Å²) in [6.45, 7) is -0.00273. The first-order chi connectivity index (χ1) is 17.1. The Morgan fingerprint density at radius 2 is 1.69 bits per heavy atom. The van der Waals surface area contributed by atoms with Crippen LogP contribution in [0.25, 0.3) is 0 Å². The lowest BCUT2D eigenvalue weighted by Gasteiger charge is -2.45. The molecule has 4 atom stereocenters. The molecule has 1 aromatic rings. The summed E-state index contributed by atoms with van der Waals surface area (Å²) in [4.78, 5) is 29.2. The summed E-state index contributed by atoms with van der Waals surface area (Å²) in [5, 5.41) is 23.8. The zero-order valence-corrected chi connectivity index (χ0v) is 20.4. The van der Waals surface area contributed by atoms with E-state index in [-0.39, 0.29) is 36.9 Å². The molecule has 0 saturated heterocycles. The lowest BCUT2D eigenvalue weighted by molar-refractivity contribution is -0.145. The predicted molar refractivity (Wildman–Crippen MR) is 132 cm³/mol. The first kappa shape index (κ1) is 24.3. The minimum absolute atomic E-state index is 0.00932. The van der Waals surface area contributed by atoms with Crippen LogP contribution in [0.3, 0.4) is 0 Å². The second kappa shape index (κ2) is 10.7. The predicted octanol–water partition coefficient (Wildman–Crippen LogP) is 3.05. The van der Waals surface area contributed by atoms with E-state index in [2.05, 4.69) is 5.32 Å². The van der Waals surface area contributed by atoms with Gasteiger partial charge in [-0.3, -0.25) is 9.59 Å². The van der Waals surface area contributed by atoms with Crippen molar-refractivity contribution in [1.29, 1.82) is 0 Å². The highest BCUT2D eigenvalue weighted by molar-refractivity contribution is 5.96. The molecule has 0 radical (unpaired) electrons. The highest BCUT2D eigenvalue weighted by Crippen LogP contribution is 2.48. The average Bonchev–Trinajstić information content (AvgIpc) is 3.47. The first-order valence-electron chi connectivity index (χ1n) is 13.5. The van der Waals surface area contributed by atoms with Crippen LogP contribution in [0.4, 0.5) is 0 Å². The summed E-state index contributed by atoms with van der Waals surface area (Å²) in [6, 6.07) is 7.04. The van der Waals surface area contributed by atoms with E-state index in [9.17, 15) is 19.8 Å². The lowest BCUT2D eigenvalue weighted by atomic mass is 9.77. The molecule has 3 aliphatic carbocycles. The Bertz CT molecular complexity index is 948. The topological polar surface area (TPSA) is 99.1 Å². The van der Waals surface area contributed by atoms with Crippen LogP contribution in [0.1, 0.15) is 75.7 Å². The van der Waals surface area contributed by atoms with Crippen molar-refractivity contribution >= 4 is 11.8 Å². The van der Waals surface area contributed by atoms with Crippen LogP contribution in [0.5, 0.6) is 5.75 Å². The van der Waals surface area contributed by atoms with Crippen molar-refractivity contribution < 1.29 is 24.5 Å². The second-order valence-corrected chi connectivity index (χ2v) is 10.6.